The molecule has 3 rings (SSSR count). The van der Waals surface area contributed by atoms with E-state index in [2.05, 4.69) is 0 Å². The molecule has 0 aromatic heterocycles. The Labute approximate surface area is 146 Å². The molecule has 1 fully saturated rings. The molecule has 1 N–H and O–H groups in total. The lowest BCUT2D eigenvalue weighted by Crippen LogP contribution is -2.35. The summed E-state index contributed by atoms with van der Waals surface area (Å²) in [5.41, 5.74) is 2.28. The normalized spacial score (nSPS) is 14.2. The molecule has 1 aliphatic heterocycles. The van der Waals surface area contributed by atoms with Crippen LogP contribution < -0.4 is 4.74 Å². The number of piperidine rings is 1. The van der Waals surface area contributed by atoms with Gasteiger partial charge in [-0.3, -0.25) is 4.79 Å². The molecule has 1 amide bonds. The summed E-state index contributed by atoms with van der Waals surface area (Å²) >= 11 is 0. The first-order valence-corrected chi connectivity index (χ1v) is 8.42. The number of carboxylic acids is 1. The number of rotatable bonds is 4. The van der Waals surface area contributed by atoms with Crippen LogP contribution in [0.3, 0.4) is 0 Å². The average Bonchev–Trinajstić information content (AvgIpc) is 2.67. The molecule has 5 heteroatoms. The van der Waals surface area contributed by atoms with Gasteiger partial charge in [0.15, 0.2) is 0 Å². The quantitative estimate of drug-likeness (QED) is 0.922. The molecule has 25 heavy (non-hydrogen) atoms. The standard InChI is InChI=1S/C20H21NO4/c1-25-18-16(6-5-7-17(18)20(23)24)14-8-10-15(11-9-14)19(22)21-12-3-2-4-13-21/h5-11H,2-4,12-13H2,1H3,(H,23,24). The first-order chi connectivity index (χ1) is 12.1. The predicted octanol–water partition coefficient (Wildman–Crippen LogP) is 3.69. The summed E-state index contributed by atoms with van der Waals surface area (Å²) in [6.07, 6.45) is 3.30. The van der Waals surface area contributed by atoms with Gasteiger partial charge in [-0.2, -0.15) is 0 Å². The molecule has 0 bridgehead atoms. The Hall–Kier alpha value is -2.82. The Balaban J connectivity index is 1.89. The molecule has 0 unspecified atom stereocenters. The van der Waals surface area contributed by atoms with Crippen molar-refractivity contribution in [1.29, 1.82) is 0 Å². The van der Waals surface area contributed by atoms with E-state index in [1.165, 1.54) is 19.6 Å². The first-order valence-electron chi connectivity index (χ1n) is 8.42. The second-order valence-corrected chi connectivity index (χ2v) is 6.12. The van der Waals surface area contributed by atoms with E-state index in [4.69, 9.17) is 4.74 Å². The highest BCUT2D eigenvalue weighted by Crippen LogP contribution is 2.33. The van der Waals surface area contributed by atoms with Gasteiger partial charge < -0.3 is 14.7 Å². The number of para-hydroxylation sites is 1. The van der Waals surface area contributed by atoms with E-state index < -0.39 is 5.97 Å². The number of ether oxygens (including phenoxy) is 1. The summed E-state index contributed by atoms with van der Waals surface area (Å²) in [5.74, 6) is -0.654. The number of methoxy groups -OCH3 is 1. The van der Waals surface area contributed by atoms with E-state index in [-0.39, 0.29) is 11.5 Å². The minimum atomic E-state index is -1.03. The molecule has 1 saturated heterocycles. The summed E-state index contributed by atoms with van der Waals surface area (Å²) in [7, 11) is 1.46. The fourth-order valence-corrected chi connectivity index (χ4v) is 3.22. The largest absolute Gasteiger partial charge is 0.495 e. The minimum absolute atomic E-state index is 0.0532. The lowest BCUT2D eigenvalue weighted by atomic mass is 9.99. The molecular formula is C20H21NO4. The number of amides is 1. The van der Waals surface area contributed by atoms with E-state index in [9.17, 15) is 14.7 Å². The predicted molar refractivity (Wildman–Crippen MR) is 95.1 cm³/mol. The topological polar surface area (TPSA) is 66.8 Å². The third-order valence-corrected chi connectivity index (χ3v) is 4.54. The molecule has 0 atom stereocenters. The summed E-state index contributed by atoms with van der Waals surface area (Å²) < 4.78 is 5.31. The van der Waals surface area contributed by atoms with E-state index in [0.29, 0.717) is 16.9 Å². The van der Waals surface area contributed by atoms with Gasteiger partial charge in [-0.15, -0.1) is 0 Å². The molecule has 0 saturated carbocycles. The van der Waals surface area contributed by atoms with Crippen LogP contribution in [-0.4, -0.2) is 42.1 Å². The maximum absolute atomic E-state index is 12.5. The zero-order valence-corrected chi connectivity index (χ0v) is 14.2. The van der Waals surface area contributed by atoms with E-state index in [1.54, 1.807) is 18.2 Å². The molecule has 0 aliphatic carbocycles. The summed E-state index contributed by atoms with van der Waals surface area (Å²) in [4.78, 5) is 25.8. The maximum atomic E-state index is 12.5. The fraction of sp³-hybridized carbons (Fsp3) is 0.300. The molecule has 2 aromatic rings. The number of carbonyl (C=O) groups excluding carboxylic acids is 1. The molecule has 2 aromatic carbocycles. The highest BCUT2D eigenvalue weighted by molar-refractivity contribution is 5.96. The summed E-state index contributed by atoms with van der Waals surface area (Å²) in [6.45, 7) is 1.63. The van der Waals surface area contributed by atoms with Crippen LogP contribution in [0, 0.1) is 0 Å². The van der Waals surface area contributed by atoms with E-state index in [1.807, 2.05) is 23.1 Å². The molecule has 0 spiro atoms. The fourth-order valence-electron chi connectivity index (χ4n) is 3.22. The summed E-state index contributed by atoms with van der Waals surface area (Å²) in [5, 5.41) is 9.30. The molecule has 130 valence electrons. The van der Waals surface area contributed by atoms with Gasteiger partial charge in [0.25, 0.3) is 5.91 Å². The van der Waals surface area contributed by atoms with Crippen molar-refractivity contribution in [1.82, 2.24) is 4.90 Å². The Morgan fingerprint density at radius 3 is 2.28 bits per heavy atom. The third kappa shape index (κ3) is 3.50. The van der Waals surface area contributed by atoms with Gasteiger partial charge in [0.2, 0.25) is 0 Å². The van der Waals surface area contributed by atoms with E-state index in [0.717, 1.165) is 31.5 Å². The monoisotopic (exact) mass is 339 g/mol. The Bertz CT molecular complexity index is 777. The van der Waals surface area contributed by atoms with Crippen LogP contribution in [0.15, 0.2) is 42.5 Å². The minimum Gasteiger partial charge on any atom is -0.495 e. The number of hydrogen-bond acceptors (Lipinski definition) is 3. The van der Waals surface area contributed by atoms with Crippen molar-refractivity contribution in [3.05, 3.63) is 53.6 Å². The van der Waals surface area contributed by atoms with Gasteiger partial charge in [-0.25, -0.2) is 4.79 Å². The number of hydrogen-bond donors (Lipinski definition) is 1. The number of nitrogens with zero attached hydrogens (tertiary/aromatic N) is 1. The molecular weight excluding hydrogens is 318 g/mol. The van der Waals surface area contributed by atoms with Crippen molar-refractivity contribution in [2.75, 3.05) is 20.2 Å². The Morgan fingerprint density at radius 2 is 1.68 bits per heavy atom. The van der Waals surface area contributed by atoms with Crippen molar-refractivity contribution < 1.29 is 19.4 Å². The number of benzene rings is 2. The zero-order chi connectivity index (χ0) is 17.8. The third-order valence-electron chi connectivity index (χ3n) is 4.54. The van der Waals surface area contributed by atoms with Gasteiger partial charge in [0.1, 0.15) is 11.3 Å². The van der Waals surface area contributed by atoms with Crippen molar-refractivity contribution >= 4 is 11.9 Å². The van der Waals surface area contributed by atoms with Crippen LogP contribution in [0.25, 0.3) is 11.1 Å². The number of likely N-dealkylation sites (tertiary alicyclic amines) is 1. The van der Waals surface area contributed by atoms with Gasteiger partial charge in [0, 0.05) is 24.2 Å². The Morgan fingerprint density at radius 1 is 1.00 bits per heavy atom. The van der Waals surface area contributed by atoms with Gasteiger partial charge in [-0.1, -0.05) is 24.3 Å². The molecule has 1 heterocycles. The van der Waals surface area contributed by atoms with Crippen LogP contribution in [-0.2, 0) is 0 Å². The average molecular weight is 339 g/mol. The summed E-state index contributed by atoms with van der Waals surface area (Å²) in [6, 6.07) is 12.3. The lowest BCUT2D eigenvalue weighted by Gasteiger charge is -2.26. The van der Waals surface area contributed by atoms with Gasteiger partial charge in [-0.05, 0) is 43.0 Å². The van der Waals surface area contributed by atoms with Crippen LogP contribution in [0.4, 0.5) is 0 Å². The second-order valence-electron chi connectivity index (χ2n) is 6.12. The number of aromatic carboxylic acids is 1. The van der Waals surface area contributed by atoms with Crippen LogP contribution in [0.1, 0.15) is 40.0 Å². The SMILES string of the molecule is COc1c(C(=O)O)cccc1-c1ccc(C(=O)N2CCCCC2)cc1. The van der Waals surface area contributed by atoms with Gasteiger partial charge >= 0.3 is 5.97 Å². The van der Waals surface area contributed by atoms with E-state index >= 15 is 0 Å². The smallest absolute Gasteiger partial charge is 0.339 e. The van der Waals surface area contributed by atoms with Crippen molar-refractivity contribution in [2.45, 2.75) is 19.3 Å². The number of carbonyl (C=O) groups is 2. The lowest BCUT2D eigenvalue weighted by molar-refractivity contribution is 0.0691. The molecule has 1 aliphatic rings. The van der Waals surface area contributed by atoms with Crippen molar-refractivity contribution in [3.8, 4) is 16.9 Å². The number of carboxylic acid groups (broad SMARTS) is 1. The first kappa shape index (κ1) is 17.0. The molecule has 5 nitrogen and oxygen atoms in total. The van der Waals surface area contributed by atoms with Crippen LogP contribution in [0.5, 0.6) is 5.75 Å². The maximum Gasteiger partial charge on any atom is 0.339 e. The highest BCUT2D eigenvalue weighted by Gasteiger charge is 2.19. The highest BCUT2D eigenvalue weighted by atomic mass is 16.5. The van der Waals surface area contributed by atoms with Crippen molar-refractivity contribution in [2.24, 2.45) is 0 Å². The van der Waals surface area contributed by atoms with Crippen LogP contribution >= 0.6 is 0 Å². The molecule has 0 radical (unpaired) electrons. The van der Waals surface area contributed by atoms with Crippen LogP contribution in [0.2, 0.25) is 0 Å². The van der Waals surface area contributed by atoms with Gasteiger partial charge in [0.05, 0.1) is 7.11 Å². The van der Waals surface area contributed by atoms with Crippen molar-refractivity contribution in [3.63, 3.8) is 0 Å². The second kappa shape index (κ2) is 7.38. The Kier molecular flexibility index (Phi) is 5.03. The zero-order valence-electron chi connectivity index (χ0n) is 14.2.